The molecular formula is C22H27NO4. The number of carbonyl (C=O) groups excluding carboxylic acids is 1. The lowest BCUT2D eigenvalue weighted by Crippen LogP contribution is -2.44. The predicted octanol–water partition coefficient (Wildman–Crippen LogP) is 4.23. The van der Waals surface area contributed by atoms with Crippen LogP contribution in [0.4, 0.5) is 0 Å². The third kappa shape index (κ3) is 4.79. The molecule has 2 heterocycles. The highest BCUT2D eigenvalue weighted by Gasteiger charge is 2.31. The van der Waals surface area contributed by atoms with E-state index in [0.29, 0.717) is 11.1 Å². The van der Waals surface area contributed by atoms with Crippen LogP contribution in [-0.4, -0.2) is 34.5 Å². The molecule has 1 atom stereocenters. The van der Waals surface area contributed by atoms with Gasteiger partial charge in [0.2, 0.25) is 0 Å². The van der Waals surface area contributed by atoms with E-state index in [9.17, 15) is 9.59 Å². The van der Waals surface area contributed by atoms with Gasteiger partial charge in [0, 0.05) is 18.2 Å². The van der Waals surface area contributed by atoms with Gasteiger partial charge in [0.25, 0.3) is 5.91 Å². The van der Waals surface area contributed by atoms with Crippen molar-refractivity contribution in [3.8, 4) is 0 Å². The largest absolute Gasteiger partial charge is 0.481 e. The molecule has 144 valence electrons. The van der Waals surface area contributed by atoms with E-state index in [1.165, 1.54) is 11.8 Å². The number of aliphatic carboxylic acids is 1. The number of carboxylic acids is 1. The Bertz CT molecular complexity index is 781. The summed E-state index contributed by atoms with van der Waals surface area (Å²) >= 11 is 0. The van der Waals surface area contributed by atoms with Crippen molar-refractivity contribution < 1.29 is 19.1 Å². The van der Waals surface area contributed by atoms with Crippen LogP contribution in [0.1, 0.15) is 59.3 Å². The number of piperidine rings is 1. The summed E-state index contributed by atoms with van der Waals surface area (Å²) in [6.07, 6.45) is 7.36. The minimum atomic E-state index is -0.989. The van der Waals surface area contributed by atoms with E-state index in [1.807, 2.05) is 11.0 Å². The number of hydrogen-bond acceptors (Lipinski definition) is 3. The van der Waals surface area contributed by atoms with Gasteiger partial charge in [0.05, 0.1) is 11.8 Å². The molecule has 2 aromatic rings. The molecule has 1 aliphatic rings. The van der Waals surface area contributed by atoms with Gasteiger partial charge >= 0.3 is 5.97 Å². The molecule has 1 fully saturated rings. The van der Waals surface area contributed by atoms with Gasteiger partial charge in [-0.05, 0) is 51.0 Å². The maximum Gasteiger partial charge on any atom is 0.311 e. The number of furan rings is 1. The maximum atomic E-state index is 13.2. The van der Waals surface area contributed by atoms with Crippen molar-refractivity contribution in [2.45, 2.75) is 57.9 Å². The van der Waals surface area contributed by atoms with Gasteiger partial charge in [-0.1, -0.05) is 30.3 Å². The van der Waals surface area contributed by atoms with Crippen LogP contribution >= 0.6 is 0 Å². The summed E-state index contributed by atoms with van der Waals surface area (Å²) in [5, 5.41) is 9.08. The van der Waals surface area contributed by atoms with E-state index in [1.54, 1.807) is 6.92 Å². The summed E-state index contributed by atoms with van der Waals surface area (Å²) in [4.78, 5) is 26.2. The summed E-state index contributed by atoms with van der Waals surface area (Å²) in [5.74, 6) is -0.808. The molecule has 1 aromatic carbocycles. The number of carbonyl (C=O) groups is 2. The van der Waals surface area contributed by atoms with Crippen molar-refractivity contribution in [1.82, 2.24) is 4.90 Å². The van der Waals surface area contributed by atoms with Crippen LogP contribution in [0.25, 0.3) is 0 Å². The number of rotatable bonds is 7. The number of benzene rings is 1. The molecule has 0 radical (unpaired) electrons. The van der Waals surface area contributed by atoms with Gasteiger partial charge in [-0.15, -0.1) is 0 Å². The normalized spacial score (nSPS) is 17.1. The maximum absolute atomic E-state index is 13.2. The Morgan fingerprint density at radius 2 is 2.00 bits per heavy atom. The second kappa shape index (κ2) is 8.89. The molecule has 5 heteroatoms. The number of nitrogens with zero attached hydrogens (tertiary/aromatic N) is 1. The summed E-state index contributed by atoms with van der Waals surface area (Å²) < 4.78 is 5.36. The van der Waals surface area contributed by atoms with Crippen LogP contribution in [0.3, 0.4) is 0 Å². The highest BCUT2D eigenvalue weighted by molar-refractivity contribution is 5.97. The number of aryl methyl sites for hydroxylation is 2. The zero-order valence-electron chi connectivity index (χ0n) is 15.8. The van der Waals surface area contributed by atoms with Gasteiger partial charge in [0.1, 0.15) is 12.2 Å². The fourth-order valence-electron chi connectivity index (χ4n) is 3.95. The van der Waals surface area contributed by atoms with Crippen molar-refractivity contribution in [3.05, 3.63) is 59.0 Å². The molecule has 0 aliphatic carbocycles. The molecule has 1 aliphatic heterocycles. The quantitative estimate of drug-likeness (QED) is 0.793. The minimum Gasteiger partial charge on any atom is -0.481 e. The summed E-state index contributed by atoms with van der Waals surface area (Å²) in [7, 11) is 0. The fraction of sp³-hybridized carbons (Fsp3) is 0.455. The monoisotopic (exact) mass is 369 g/mol. The first kappa shape index (κ1) is 19.2. The van der Waals surface area contributed by atoms with Crippen molar-refractivity contribution in [2.75, 3.05) is 6.54 Å². The van der Waals surface area contributed by atoms with Gasteiger partial charge in [-0.3, -0.25) is 9.59 Å². The highest BCUT2D eigenvalue weighted by atomic mass is 16.4. The van der Waals surface area contributed by atoms with Crippen molar-refractivity contribution >= 4 is 11.9 Å². The zero-order chi connectivity index (χ0) is 19.2. The fourth-order valence-corrected chi connectivity index (χ4v) is 3.95. The third-order valence-electron chi connectivity index (χ3n) is 5.31. The molecule has 1 amide bonds. The second-order valence-corrected chi connectivity index (χ2v) is 7.31. The Labute approximate surface area is 160 Å². The smallest absolute Gasteiger partial charge is 0.311 e. The first-order chi connectivity index (χ1) is 13.1. The first-order valence-electron chi connectivity index (χ1n) is 9.70. The summed E-state index contributed by atoms with van der Waals surface area (Å²) in [6.45, 7) is 2.53. The van der Waals surface area contributed by atoms with E-state index in [0.717, 1.165) is 45.1 Å². The summed E-state index contributed by atoms with van der Waals surface area (Å²) in [5.41, 5.74) is 2.47. The Morgan fingerprint density at radius 1 is 1.22 bits per heavy atom. The molecule has 1 unspecified atom stereocenters. The van der Waals surface area contributed by atoms with E-state index < -0.39 is 5.97 Å². The Balaban J connectivity index is 1.68. The van der Waals surface area contributed by atoms with Crippen LogP contribution in [0.2, 0.25) is 0 Å². The van der Waals surface area contributed by atoms with Gasteiger partial charge < -0.3 is 14.4 Å². The van der Waals surface area contributed by atoms with E-state index in [4.69, 9.17) is 9.52 Å². The lowest BCUT2D eigenvalue weighted by molar-refractivity contribution is -0.136. The first-order valence-corrected chi connectivity index (χ1v) is 9.70. The summed E-state index contributed by atoms with van der Waals surface area (Å²) in [6, 6.07) is 10.6. The van der Waals surface area contributed by atoms with Crippen LogP contribution in [0.15, 0.2) is 41.0 Å². The lowest BCUT2D eigenvalue weighted by atomic mass is 9.94. The Morgan fingerprint density at radius 3 is 2.74 bits per heavy atom. The number of carboxylic acid groups (broad SMARTS) is 1. The van der Waals surface area contributed by atoms with E-state index in [2.05, 4.69) is 24.3 Å². The molecule has 1 aromatic heterocycles. The van der Waals surface area contributed by atoms with Crippen LogP contribution < -0.4 is 0 Å². The van der Waals surface area contributed by atoms with Crippen molar-refractivity contribution in [1.29, 1.82) is 0 Å². The molecule has 1 N–H and O–H groups in total. The molecule has 0 bridgehead atoms. The number of amides is 1. The average Bonchev–Trinajstić information content (AvgIpc) is 3.02. The third-order valence-corrected chi connectivity index (χ3v) is 5.31. The Kier molecular flexibility index (Phi) is 6.32. The second-order valence-electron chi connectivity index (χ2n) is 7.31. The SMILES string of the molecule is Cc1coc(CC(=O)O)c1C(=O)N1CCCCC1CCCc1ccccc1. The molecular weight excluding hydrogens is 342 g/mol. The lowest BCUT2D eigenvalue weighted by Gasteiger charge is -2.36. The van der Waals surface area contributed by atoms with Crippen LogP contribution in [0.5, 0.6) is 0 Å². The Hall–Kier alpha value is -2.56. The van der Waals surface area contributed by atoms with Gasteiger partial charge in [-0.25, -0.2) is 0 Å². The van der Waals surface area contributed by atoms with Crippen molar-refractivity contribution in [2.24, 2.45) is 0 Å². The molecule has 1 saturated heterocycles. The number of hydrogen-bond donors (Lipinski definition) is 1. The average molecular weight is 369 g/mol. The molecule has 0 spiro atoms. The molecule has 0 saturated carbocycles. The van der Waals surface area contributed by atoms with Crippen molar-refractivity contribution in [3.63, 3.8) is 0 Å². The standard InChI is InChI=1S/C22H27NO4/c1-16-15-27-19(14-20(24)25)21(16)22(26)23-13-6-5-11-18(23)12-7-10-17-8-3-2-4-9-17/h2-4,8-9,15,18H,5-7,10-14H2,1H3,(H,24,25). The minimum absolute atomic E-state index is 0.0816. The highest BCUT2D eigenvalue weighted by Crippen LogP contribution is 2.27. The molecule has 27 heavy (non-hydrogen) atoms. The van der Waals surface area contributed by atoms with E-state index >= 15 is 0 Å². The van der Waals surface area contributed by atoms with Crippen LogP contribution in [-0.2, 0) is 17.6 Å². The molecule has 3 rings (SSSR count). The van der Waals surface area contributed by atoms with Gasteiger partial charge in [-0.2, -0.15) is 0 Å². The predicted molar refractivity (Wildman–Crippen MR) is 103 cm³/mol. The van der Waals surface area contributed by atoms with Gasteiger partial charge in [0.15, 0.2) is 0 Å². The zero-order valence-corrected chi connectivity index (χ0v) is 15.8. The number of likely N-dealkylation sites (tertiary alicyclic amines) is 1. The van der Waals surface area contributed by atoms with E-state index in [-0.39, 0.29) is 24.1 Å². The molecule has 5 nitrogen and oxygen atoms in total. The topological polar surface area (TPSA) is 70.7 Å². The van der Waals surface area contributed by atoms with Crippen LogP contribution in [0, 0.1) is 6.92 Å².